The largest absolute Gasteiger partial charge is 0.391 e. The van der Waals surface area contributed by atoms with Crippen LogP contribution in [0.5, 0.6) is 0 Å². The lowest BCUT2D eigenvalue weighted by molar-refractivity contribution is 0.168. The SMILES string of the molecule is CC(NC[C@@H](O)CC(=C1CCCCC1)P(O)O)c1ccc(Cl)c(Cl)c1. The van der Waals surface area contributed by atoms with Crippen LogP contribution in [0.2, 0.25) is 10.0 Å². The zero-order valence-corrected chi connectivity index (χ0v) is 16.8. The number of aliphatic hydroxyl groups excluding tert-OH is 1. The van der Waals surface area contributed by atoms with Gasteiger partial charge in [0.15, 0.2) is 8.38 Å². The highest BCUT2D eigenvalue weighted by atomic mass is 35.5. The van der Waals surface area contributed by atoms with Gasteiger partial charge in [-0.3, -0.25) is 0 Å². The molecule has 25 heavy (non-hydrogen) atoms. The molecule has 4 N–H and O–H groups in total. The Morgan fingerprint density at radius 1 is 1.16 bits per heavy atom. The topological polar surface area (TPSA) is 72.7 Å². The van der Waals surface area contributed by atoms with Crippen LogP contribution in [0.1, 0.15) is 57.1 Å². The first kappa shape index (κ1) is 21.1. The maximum Gasteiger partial charge on any atom is 0.195 e. The molecule has 0 heterocycles. The van der Waals surface area contributed by atoms with Gasteiger partial charge in [-0.2, -0.15) is 0 Å². The number of hydrogen-bond acceptors (Lipinski definition) is 4. The van der Waals surface area contributed by atoms with Crippen molar-refractivity contribution in [2.75, 3.05) is 6.54 Å². The van der Waals surface area contributed by atoms with Gasteiger partial charge >= 0.3 is 0 Å². The van der Waals surface area contributed by atoms with E-state index in [0.717, 1.165) is 36.8 Å². The molecule has 0 saturated heterocycles. The second-order valence-corrected chi connectivity index (χ2v) is 8.49. The lowest BCUT2D eigenvalue weighted by atomic mass is 9.93. The molecule has 2 rings (SSSR count). The summed E-state index contributed by atoms with van der Waals surface area (Å²) in [7, 11) is -2.14. The van der Waals surface area contributed by atoms with Crippen molar-refractivity contribution < 1.29 is 14.9 Å². The van der Waals surface area contributed by atoms with Crippen molar-refractivity contribution in [3.8, 4) is 0 Å². The van der Waals surface area contributed by atoms with Crippen molar-refractivity contribution in [3.63, 3.8) is 0 Å². The van der Waals surface area contributed by atoms with E-state index in [4.69, 9.17) is 23.2 Å². The Labute approximate surface area is 160 Å². The molecule has 1 saturated carbocycles. The molecular weight excluding hydrogens is 380 g/mol. The summed E-state index contributed by atoms with van der Waals surface area (Å²) in [6.07, 6.45) is 4.82. The van der Waals surface area contributed by atoms with E-state index in [-0.39, 0.29) is 6.04 Å². The predicted molar refractivity (Wildman–Crippen MR) is 105 cm³/mol. The van der Waals surface area contributed by atoms with Crippen LogP contribution in [-0.4, -0.2) is 27.5 Å². The minimum atomic E-state index is -2.14. The second kappa shape index (κ2) is 10.2. The molecule has 4 nitrogen and oxygen atoms in total. The van der Waals surface area contributed by atoms with Gasteiger partial charge in [0, 0.05) is 24.3 Å². The summed E-state index contributed by atoms with van der Waals surface area (Å²) in [4.78, 5) is 19.5. The molecule has 0 amide bonds. The van der Waals surface area contributed by atoms with Crippen LogP contribution in [-0.2, 0) is 0 Å². The average Bonchev–Trinajstić information content (AvgIpc) is 2.60. The normalized spacial score (nSPS) is 17.6. The van der Waals surface area contributed by atoms with Gasteiger partial charge in [-0.1, -0.05) is 41.3 Å². The lowest BCUT2D eigenvalue weighted by Crippen LogP contribution is -2.29. The van der Waals surface area contributed by atoms with Crippen molar-refractivity contribution in [2.45, 2.75) is 57.6 Å². The average molecular weight is 406 g/mol. The molecule has 1 aromatic carbocycles. The van der Waals surface area contributed by atoms with Crippen molar-refractivity contribution in [3.05, 3.63) is 44.7 Å². The molecule has 1 unspecified atom stereocenters. The first-order chi connectivity index (χ1) is 11.9. The molecule has 1 aliphatic carbocycles. The third-order valence-electron chi connectivity index (χ3n) is 4.64. The van der Waals surface area contributed by atoms with E-state index in [1.165, 1.54) is 6.42 Å². The first-order valence-corrected chi connectivity index (χ1v) is 10.6. The molecular formula is C18H26Cl2NO3P. The van der Waals surface area contributed by atoms with Gasteiger partial charge in [0.25, 0.3) is 0 Å². The van der Waals surface area contributed by atoms with Gasteiger partial charge in [-0.15, -0.1) is 0 Å². The summed E-state index contributed by atoms with van der Waals surface area (Å²) >= 11 is 12.0. The van der Waals surface area contributed by atoms with Gasteiger partial charge in [-0.25, -0.2) is 0 Å². The third kappa shape index (κ3) is 6.48. The molecule has 2 atom stereocenters. The van der Waals surface area contributed by atoms with Crippen LogP contribution in [0.4, 0.5) is 0 Å². The molecule has 1 fully saturated rings. The number of aliphatic hydroxyl groups is 1. The highest BCUT2D eigenvalue weighted by Crippen LogP contribution is 2.44. The molecule has 0 radical (unpaired) electrons. The minimum Gasteiger partial charge on any atom is -0.391 e. The predicted octanol–water partition coefficient (Wildman–Crippen LogP) is 4.91. The Balaban J connectivity index is 1.92. The molecule has 1 aromatic rings. The zero-order valence-electron chi connectivity index (χ0n) is 14.4. The number of benzene rings is 1. The van der Waals surface area contributed by atoms with Gasteiger partial charge < -0.3 is 20.2 Å². The van der Waals surface area contributed by atoms with Crippen LogP contribution in [0.3, 0.4) is 0 Å². The van der Waals surface area contributed by atoms with E-state index < -0.39 is 14.5 Å². The summed E-state index contributed by atoms with van der Waals surface area (Å²) in [5.74, 6) is 0. The van der Waals surface area contributed by atoms with E-state index in [9.17, 15) is 14.9 Å². The summed E-state index contributed by atoms with van der Waals surface area (Å²) in [5.41, 5.74) is 2.11. The van der Waals surface area contributed by atoms with Gasteiger partial charge in [-0.05, 0) is 50.3 Å². The molecule has 0 bridgehead atoms. The molecule has 1 aliphatic rings. The van der Waals surface area contributed by atoms with Crippen LogP contribution in [0.25, 0.3) is 0 Å². The highest BCUT2D eigenvalue weighted by Gasteiger charge is 2.20. The molecule has 0 aliphatic heterocycles. The van der Waals surface area contributed by atoms with E-state index in [1.54, 1.807) is 6.07 Å². The Bertz CT molecular complexity index is 602. The van der Waals surface area contributed by atoms with Crippen LogP contribution in [0.15, 0.2) is 29.1 Å². The maximum atomic E-state index is 10.3. The number of rotatable bonds is 7. The van der Waals surface area contributed by atoms with Gasteiger partial charge in [0.05, 0.1) is 16.1 Å². The van der Waals surface area contributed by atoms with E-state index >= 15 is 0 Å². The quantitative estimate of drug-likeness (QED) is 0.486. The van der Waals surface area contributed by atoms with Crippen molar-refractivity contribution in [1.82, 2.24) is 5.32 Å². The standard InChI is InChI=1S/C18H26Cl2NO3P/c1-12(14-7-8-16(19)17(20)9-14)21-11-15(22)10-18(25(23)24)13-5-3-2-4-6-13/h7-9,12,15,21-24H,2-6,10-11H2,1H3/t12?,15-/m0/s1. The van der Waals surface area contributed by atoms with Crippen molar-refractivity contribution in [2.24, 2.45) is 0 Å². The van der Waals surface area contributed by atoms with E-state index in [0.29, 0.717) is 28.3 Å². The summed E-state index contributed by atoms with van der Waals surface area (Å²) in [6, 6.07) is 5.46. The molecule has 140 valence electrons. The Hall–Kier alpha value is -0.190. The molecule has 7 heteroatoms. The number of allylic oxidation sites excluding steroid dienone is 1. The number of nitrogens with one attached hydrogen (secondary N) is 1. The van der Waals surface area contributed by atoms with Gasteiger partial charge in [0.2, 0.25) is 0 Å². The van der Waals surface area contributed by atoms with E-state index in [2.05, 4.69) is 5.32 Å². The fourth-order valence-electron chi connectivity index (χ4n) is 3.14. The van der Waals surface area contributed by atoms with Crippen LogP contribution >= 0.6 is 31.6 Å². The second-order valence-electron chi connectivity index (χ2n) is 6.56. The van der Waals surface area contributed by atoms with Gasteiger partial charge in [0.1, 0.15) is 0 Å². The molecule has 0 aromatic heterocycles. The summed E-state index contributed by atoms with van der Waals surface area (Å²) < 4.78 is 0. The highest BCUT2D eigenvalue weighted by molar-refractivity contribution is 7.50. The van der Waals surface area contributed by atoms with Crippen LogP contribution in [0, 0.1) is 0 Å². The Morgan fingerprint density at radius 2 is 1.84 bits per heavy atom. The maximum absolute atomic E-state index is 10.3. The summed E-state index contributed by atoms with van der Waals surface area (Å²) in [6.45, 7) is 2.35. The monoisotopic (exact) mass is 405 g/mol. The lowest BCUT2D eigenvalue weighted by Gasteiger charge is -2.23. The Morgan fingerprint density at radius 3 is 2.44 bits per heavy atom. The number of hydrogen-bond donors (Lipinski definition) is 4. The fourth-order valence-corrected chi connectivity index (χ4v) is 4.33. The van der Waals surface area contributed by atoms with E-state index in [1.807, 2.05) is 19.1 Å². The molecule has 0 spiro atoms. The van der Waals surface area contributed by atoms with Crippen molar-refractivity contribution in [1.29, 1.82) is 0 Å². The Kier molecular flexibility index (Phi) is 8.63. The minimum absolute atomic E-state index is 0.0000328. The van der Waals surface area contributed by atoms with Crippen LogP contribution < -0.4 is 5.32 Å². The zero-order chi connectivity index (χ0) is 18.4. The number of halogens is 2. The third-order valence-corrected chi connectivity index (χ3v) is 6.36. The smallest absolute Gasteiger partial charge is 0.195 e. The first-order valence-electron chi connectivity index (χ1n) is 8.63. The van der Waals surface area contributed by atoms with Crippen molar-refractivity contribution >= 4 is 31.6 Å². The fraction of sp³-hybridized carbons (Fsp3) is 0.556. The summed E-state index contributed by atoms with van der Waals surface area (Å²) in [5, 5.41) is 15.3.